The number of nitrogens with one attached hydrogen (secondary N) is 1. The van der Waals surface area contributed by atoms with E-state index < -0.39 is 0 Å². The van der Waals surface area contributed by atoms with Gasteiger partial charge in [-0.2, -0.15) is 0 Å². The third-order valence-corrected chi connectivity index (χ3v) is 3.22. The summed E-state index contributed by atoms with van der Waals surface area (Å²) in [6, 6.07) is 4.46. The van der Waals surface area contributed by atoms with Crippen molar-refractivity contribution in [3.05, 3.63) is 24.0 Å². The number of aliphatic hydroxyl groups is 1. The zero-order valence-electron chi connectivity index (χ0n) is 9.48. The fourth-order valence-electron chi connectivity index (χ4n) is 2.32. The first kappa shape index (κ1) is 10.7. The highest BCUT2D eigenvalue weighted by Crippen LogP contribution is 2.28. The van der Waals surface area contributed by atoms with E-state index in [1.54, 1.807) is 0 Å². The lowest BCUT2D eigenvalue weighted by atomic mass is 9.99. The molecule has 1 fully saturated rings. The standard InChI is InChI=1S/C12H20N2O/c1-9(2)14-7-3-4-11(14)12(15)10-5-6-13-8-10/h3-4,7,9-10,12-13,15H,5-6,8H2,1-2H3. The van der Waals surface area contributed by atoms with E-state index in [0.717, 1.165) is 25.2 Å². The first-order valence-corrected chi connectivity index (χ1v) is 5.75. The Balaban J connectivity index is 2.16. The number of aliphatic hydroxyl groups excluding tert-OH is 1. The third kappa shape index (κ3) is 2.08. The second-order valence-electron chi connectivity index (χ2n) is 4.63. The molecule has 0 saturated carbocycles. The van der Waals surface area contributed by atoms with Crippen LogP contribution in [0, 0.1) is 5.92 Å². The lowest BCUT2D eigenvalue weighted by molar-refractivity contribution is 0.109. The summed E-state index contributed by atoms with van der Waals surface area (Å²) in [6.07, 6.45) is 2.80. The van der Waals surface area contributed by atoms with Crippen LogP contribution in [0.15, 0.2) is 18.3 Å². The molecule has 84 valence electrons. The van der Waals surface area contributed by atoms with Crippen LogP contribution in [0.1, 0.15) is 38.1 Å². The molecule has 0 amide bonds. The van der Waals surface area contributed by atoms with E-state index >= 15 is 0 Å². The van der Waals surface area contributed by atoms with Crippen molar-refractivity contribution >= 4 is 0 Å². The molecule has 0 spiro atoms. The summed E-state index contributed by atoms with van der Waals surface area (Å²) >= 11 is 0. The predicted molar refractivity (Wildman–Crippen MR) is 60.8 cm³/mol. The van der Waals surface area contributed by atoms with E-state index in [1.807, 2.05) is 18.3 Å². The molecule has 1 aromatic heterocycles. The van der Waals surface area contributed by atoms with Gasteiger partial charge in [0.25, 0.3) is 0 Å². The Morgan fingerprint density at radius 1 is 1.53 bits per heavy atom. The van der Waals surface area contributed by atoms with E-state index in [2.05, 4.69) is 23.7 Å². The van der Waals surface area contributed by atoms with Crippen LogP contribution < -0.4 is 5.32 Å². The minimum absolute atomic E-state index is 0.322. The first-order valence-electron chi connectivity index (χ1n) is 5.75. The van der Waals surface area contributed by atoms with Gasteiger partial charge in [-0.3, -0.25) is 0 Å². The van der Waals surface area contributed by atoms with Gasteiger partial charge in [0.15, 0.2) is 0 Å². The largest absolute Gasteiger partial charge is 0.387 e. The van der Waals surface area contributed by atoms with Crippen molar-refractivity contribution in [2.45, 2.75) is 32.4 Å². The maximum Gasteiger partial charge on any atom is 0.0980 e. The quantitative estimate of drug-likeness (QED) is 0.793. The van der Waals surface area contributed by atoms with Gasteiger partial charge in [0, 0.05) is 30.4 Å². The van der Waals surface area contributed by atoms with Crippen LogP contribution in [0.25, 0.3) is 0 Å². The van der Waals surface area contributed by atoms with Gasteiger partial charge in [-0.25, -0.2) is 0 Å². The maximum atomic E-state index is 10.3. The molecule has 0 aromatic carbocycles. The van der Waals surface area contributed by atoms with Crippen molar-refractivity contribution in [2.24, 2.45) is 5.92 Å². The lowest BCUT2D eigenvalue weighted by Gasteiger charge is -2.21. The molecule has 3 heteroatoms. The van der Waals surface area contributed by atoms with Crippen molar-refractivity contribution in [3.63, 3.8) is 0 Å². The average molecular weight is 208 g/mol. The topological polar surface area (TPSA) is 37.2 Å². The van der Waals surface area contributed by atoms with Crippen LogP contribution >= 0.6 is 0 Å². The molecular weight excluding hydrogens is 188 g/mol. The molecule has 2 unspecified atom stereocenters. The highest BCUT2D eigenvalue weighted by molar-refractivity contribution is 5.13. The number of rotatable bonds is 3. The van der Waals surface area contributed by atoms with Crippen LogP contribution in [0.4, 0.5) is 0 Å². The van der Waals surface area contributed by atoms with Crippen LogP contribution in [0.2, 0.25) is 0 Å². The van der Waals surface area contributed by atoms with Gasteiger partial charge in [-0.05, 0) is 38.9 Å². The summed E-state index contributed by atoms with van der Waals surface area (Å²) in [4.78, 5) is 0. The summed E-state index contributed by atoms with van der Waals surface area (Å²) in [5, 5.41) is 13.6. The highest BCUT2D eigenvalue weighted by atomic mass is 16.3. The van der Waals surface area contributed by atoms with Gasteiger partial charge in [-0.1, -0.05) is 0 Å². The number of aromatic nitrogens is 1. The molecule has 1 aliphatic rings. The average Bonchev–Trinajstić information content (AvgIpc) is 2.88. The van der Waals surface area contributed by atoms with Gasteiger partial charge in [-0.15, -0.1) is 0 Å². The molecule has 2 N–H and O–H groups in total. The fourth-order valence-corrected chi connectivity index (χ4v) is 2.32. The van der Waals surface area contributed by atoms with Crippen LogP contribution in [-0.4, -0.2) is 22.8 Å². The van der Waals surface area contributed by atoms with E-state index in [4.69, 9.17) is 0 Å². The molecule has 15 heavy (non-hydrogen) atoms. The van der Waals surface area contributed by atoms with Crippen molar-refractivity contribution in [1.82, 2.24) is 9.88 Å². The summed E-state index contributed by atoms with van der Waals surface area (Å²) in [7, 11) is 0. The van der Waals surface area contributed by atoms with Gasteiger partial charge in [0.1, 0.15) is 0 Å². The van der Waals surface area contributed by atoms with E-state index in [1.165, 1.54) is 0 Å². The zero-order chi connectivity index (χ0) is 10.8. The molecule has 3 nitrogen and oxygen atoms in total. The molecule has 0 bridgehead atoms. The smallest absolute Gasteiger partial charge is 0.0980 e. The normalized spacial score (nSPS) is 23.6. The fraction of sp³-hybridized carbons (Fsp3) is 0.667. The van der Waals surface area contributed by atoms with E-state index in [0.29, 0.717) is 12.0 Å². The second-order valence-corrected chi connectivity index (χ2v) is 4.63. The van der Waals surface area contributed by atoms with Crippen LogP contribution in [0.3, 0.4) is 0 Å². The molecule has 1 aliphatic heterocycles. The van der Waals surface area contributed by atoms with Crippen molar-refractivity contribution in [3.8, 4) is 0 Å². The van der Waals surface area contributed by atoms with Crippen molar-refractivity contribution < 1.29 is 5.11 Å². The summed E-state index contributed by atoms with van der Waals surface area (Å²) in [5.74, 6) is 0.373. The first-order chi connectivity index (χ1) is 7.20. The number of hydrogen-bond acceptors (Lipinski definition) is 2. The van der Waals surface area contributed by atoms with E-state index in [9.17, 15) is 5.11 Å². The number of hydrogen-bond donors (Lipinski definition) is 2. The Kier molecular flexibility index (Phi) is 3.12. The molecule has 2 heterocycles. The lowest BCUT2D eigenvalue weighted by Crippen LogP contribution is -2.19. The summed E-state index contributed by atoms with van der Waals surface area (Å²) < 4.78 is 2.16. The summed E-state index contributed by atoms with van der Waals surface area (Å²) in [6.45, 7) is 6.25. The monoisotopic (exact) mass is 208 g/mol. The second kappa shape index (κ2) is 4.37. The molecule has 0 aliphatic carbocycles. The summed E-state index contributed by atoms with van der Waals surface area (Å²) in [5.41, 5.74) is 1.05. The Hall–Kier alpha value is -0.800. The van der Waals surface area contributed by atoms with Gasteiger partial charge in [0.05, 0.1) is 6.10 Å². The minimum atomic E-state index is -0.322. The van der Waals surface area contributed by atoms with Crippen LogP contribution in [0.5, 0.6) is 0 Å². The van der Waals surface area contributed by atoms with Crippen LogP contribution in [-0.2, 0) is 0 Å². The Morgan fingerprint density at radius 3 is 2.93 bits per heavy atom. The van der Waals surface area contributed by atoms with Crippen molar-refractivity contribution in [2.75, 3.05) is 13.1 Å². The van der Waals surface area contributed by atoms with E-state index in [-0.39, 0.29) is 6.10 Å². The molecular formula is C12H20N2O. The predicted octanol–water partition coefficient (Wildman–Crippen LogP) is 1.71. The zero-order valence-corrected chi connectivity index (χ0v) is 9.48. The molecule has 1 saturated heterocycles. The van der Waals surface area contributed by atoms with Gasteiger partial charge in [0.2, 0.25) is 0 Å². The Morgan fingerprint density at radius 2 is 2.33 bits per heavy atom. The molecule has 0 radical (unpaired) electrons. The SMILES string of the molecule is CC(C)n1cccc1C(O)C1CCNC1. The maximum absolute atomic E-state index is 10.3. The molecule has 2 rings (SSSR count). The third-order valence-electron chi connectivity index (χ3n) is 3.22. The molecule has 2 atom stereocenters. The minimum Gasteiger partial charge on any atom is -0.387 e. The highest BCUT2D eigenvalue weighted by Gasteiger charge is 2.26. The Labute approximate surface area is 91.1 Å². The van der Waals surface area contributed by atoms with Crippen molar-refractivity contribution in [1.29, 1.82) is 0 Å². The number of nitrogens with zero attached hydrogens (tertiary/aromatic N) is 1. The Bertz CT molecular complexity index is 313. The molecule has 1 aromatic rings. The van der Waals surface area contributed by atoms with Gasteiger partial charge < -0.3 is 15.0 Å². The van der Waals surface area contributed by atoms with Gasteiger partial charge >= 0.3 is 0 Å².